The van der Waals surface area contributed by atoms with Crippen LogP contribution in [0, 0.1) is 5.41 Å². The molecule has 0 aromatic rings. The Bertz CT molecular complexity index is 159. The van der Waals surface area contributed by atoms with Crippen LogP contribution in [0.4, 0.5) is 0 Å². The van der Waals surface area contributed by atoms with Gasteiger partial charge in [-0.15, -0.1) is 0 Å². The number of hydrogen-bond donors (Lipinski definition) is 2. The Balaban J connectivity index is 2.59. The molecule has 1 unspecified atom stereocenters. The summed E-state index contributed by atoms with van der Waals surface area (Å²) in [6.07, 6.45) is 4.60. The van der Waals surface area contributed by atoms with Crippen molar-refractivity contribution < 1.29 is 5.11 Å². The molecule has 2 N–H and O–H groups in total. The van der Waals surface area contributed by atoms with E-state index in [1.54, 1.807) is 0 Å². The number of rotatable bonds is 4. The number of hydrogen-bond acceptors (Lipinski definition) is 2. The summed E-state index contributed by atoms with van der Waals surface area (Å²) in [6, 6.07) is 0. The van der Waals surface area contributed by atoms with Crippen LogP contribution in [0.5, 0.6) is 0 Å². The Morgan fingerprint density at radius 2 is 2.00 bits per heavy atom. The normalized spacial score (nSPS) is 32.3. The molecule has 0 spiro atoms. The molecule has 78 valence electrons. The third kappa shape index (κ3) is 2.68. The Kier molecular flexibility index (Phi) is 3.36. The topological polar surface area (TPSA) is 32.3 Å². The molecule has 0 aromatic heterocycles. The molecular weight excluding hydrogens is 162 g/mol. The van der Waals surface area contributed by atoms with Crippen molar-refractivity contribution in [3.8, 4) is 0 Å². The van der Waals surface area contributed by atoms with Crippen molar-refractivity contribution in [1.29, 1.82) is 0 Å². The second-order valence-corrected chi connectivity index (χ2v) is 5.13. The van der Waals surface area contributed by atoms with Crippen LogP contribution in [0.2, 0.25) is 0 Å². The Hall–Kier alpha value is -0.0800. The van der Waals surface area contributed by atoms with Gasteiger partial charge in [0.2, 0.25) is 0 Å². The minimum absolute atomic E-state index is 0.229. The maximum Gasteiger partial charge on any atom is 0.0448 e. The minimum atomic E-state index is 0.229. The van der Waals surface area contributed by atoms with E-state index < -0.39 is 0 Å². The van der Waals surface area contributed by atoms with Crippen molar-refractivity contribution in [1.82, 2.24) is 5.32 Å². The molecule has 1 atom stereocenters. The fraction of sp³-hybridized carbons (Fsp3) is 1.00. The van der Waals surface area contributed by atoms with E-state index in [9.17, 15) is 0 Å². The molecule has 0 aromatic carbocycles. The fourth-order valence-corrected chi connectivity index (χ4v) is 2.71. The number of aliphatic hydroxyl groups excluding tert-OH is 1. The van der Waals surface area contributed by atoms with Gasteiger partial charge in [0.25, 0.3) is 0 Å². The smallest absolute Gasteiger partial charge is 0.0448 e. The van der Waals surface area contributed by atoms with Crippen LogP contribution in [0.1, 0.15) is 46.5 Å². The molecule has 0 radical (unpaired) electrons. The lowest BCUT2D eigenvalue weighted by Crippen LogP contribution is -2.44. The minimum Gasteiger partial charge on any atom is -0.396 e. The van der Waals surface area contributed by atoms with Crippen LogP contribution in [-0.4, -0.2) is 23.8 Å². The van der Waals surface area contributed by atoms with Gasteiger partial charge in [0.1, 0.15) is 0 Å². The van der Waals surface area contributed by atoms with Crippen molar-refractivity contribution >= 4 is 0 Å². The maximum atomic E-state index is 9.05. The number of nitrogens with one attached hydrogen (secondary N) is 1. The van der Waals surface area contributed by atoms with Crippen molar-refractivity contribution in [2.45, 2.75) is 52.0 Å². The van der Waals surface area contributed by atoms with E-state index in [2.05, 4.69) is 26.1 Å². The average molecular weight is 185 g/mol. The third-order valence-electron chi connectivity index (χ3n) is 3.24. The molecular formula is C11H23NO. The van der Waals surface area contributed by atoms with Gasteiger partial charge in [0, 0.05) is 12.1 Å². The van der Waals surface area contributed by atoms with Crippen LogP contribution in [0.3, 0.4) is 0 Å². The standard InChI is InChI=1S/C11H23NO/c1-4-12-11(7-8-13)6-5-10(2,3)9-11/h12-13H,4-9H2,1-3H3. The van der Waals surface area contributed by atoms with Crippen LogP contribution in [0.15, 0.2) is 0 Å². The van der Waals surface area contributed by atoms with E-state index in [4.69, 9.17) is 5.11 Å². The van der Waals surface area contributed by atoms with Crippen molar-refractivity contribution in [2.75, 3.05) is 13.2 Å². The predicted octanol–water partition coefficient (Wildman–Crippen LogP) is 1.93. The first kappa shape index (κ1) is 11.0. The molecule has 1 rings (SSSR count). The van der Waals surface area contributed by atoms with Crippen LogP contribution >= 0.6 is 0 Å². The zero-order valence-electron chi connectivity index (χ0n) is 9.19. The van der Waals surface area contributed by atoms with E-state index in [1.165, 1.54) is 19.3 Å². The molecule has 1 aliphatic carbocycles. The highest BCUT2D eigenvalue weighted by molar-refractivity contribution is 4.99. The Labute approximate surface area is 81.7 Å². The van der Waals surface area contributed by atoms with Gasteiger partial charge in [-0.2, -0.15) is 0 Å². The van der Waals surface area contributed by atoms with Gasteiger partial charge in [-0.3, -0.25) is 0 Å². The maximum absolute atomic E-state index is 9.05. The van der Waals surface area contributed by atoms with Crippen molar-refractivity contribution in [3.63, 3.8) is 0 Å². The zero-order valence-corrected chi connectivity index (χ0v) is 9.19. The second-order valence-electron chi connectivity index (χ2n) is 5.13. The molecule has 0 saturated heterocycles. The second kappa shape index (κ2) is 3.97. The van der Waals surface area contributed by atoms with Gasteiger partial charge < -0.3 is 10.4 Å². The summed E-state index contributed by atoms with van der Waals surface area (Å²) in [6.45, 7) is 8.11. The summed E-state index contributed by atoms with van der Waals surface area (Å²) in [4.78, 5) is 0. The highest BCUT2D eigenvalue weighted by Crippen LogP contribution is 2.44. The fourth-order valence-electron chi connectivity index (χ4n) is 2.71. The van der Waals surface area contributed by atoms with Gasteiger partial charge in [-0.25, -0.2) is 0 Å². The SMILES string of the molecule is CCNC1(CCO)CCC(C)(C)C1. The summed E-state index contributed by atoms with van der Waals surface area (Å²) in [5.74, 6) is 0. The average Bonchev–Trinajstić information content (AvgIpc) is 2.28. The van der Waals surface area contributed by atoms with Crippen LogP contribution in [-0.2, 0) is 0 Å². The van der Waals surface area contributed by atoms with E-state index in [0.717, 1.165) is 13.0 Å². The first-order valence-electron chi connectivity index (χ1n) is 5.39. The first-order valence-corrected chi connectivity index (χ1v) is 5.39. The van der Waals surface area contributed by atoms with Gasteiger partial charge in [-0.1, -0.05) is 20.8 Å². The highest BCUT2D eigenvalue weighted by Gasteiger charge is 2.41. The summed E-state index contributed by atoms with van der Waals surface area (Å²) in [5.41, 5.74) is 0.685. The van der Waals surface area contributed by atoms with E-state index in [-0.39, 0.29) is 5.54 Å². The lowest BCUT2D eigenvalue weighted by molar-refractivity contribution is 0.200. The molecule has 0 aliphatic heterocycles. The molecule has 1 fully saturated rings. The van der Waals surface area contributed by atoms with Crippen molar-refractivity contribution in [3.05, 3.63) is 0 Å². The van der Waals surface area contributed by atoms with E-state index >= 15 is 0 Å². The van der Waals surface area contributed by atoms with E-state index in [1.807, 2.05) is 0 Å². The molecule has 0 bridgehead atoms. The molecule has 2 heteroatoms. The molecule has 0 amide bonds. The third-order valence-corrected chi connectivity index (χ3v) is 3.24. The molecule has 1 saturated carbocycles. The lowest BCUT2D eigenvalue weighted by atomic mass is 9.86. The molecule has 13 heavy (non-hydrogen) atoms. The van der Waals surface area contributed by atoms with Crippen molar-refractivity contribution in [2.24, 2.45) is 5.41 Å². The Morgan fingerprint density at radius 1 is 1.31 bits per heavy atom. The van der Waals surface area contributed by atoms with Crippen LogP contribution in [0.25, 0.3) is 0 Å². The van der Waals surface area contributed by atoms with E-state index in [0.29, 0.717) is 12.0 Å². The monoisotopic (exact) mass is 185 g/mol. The Morgan fingerprint density at radius 3 is 2.38 bits per heavy atom. The summed E-state index contributed by atoms with van der Waals surface area (Å²) in [7, 11) is 0. The highest BCUT2D eigenvalue weighted by atomic mass is 16.3. The summed E-state index contributed by atoms with van der Waals surface area (Å²) >= 11 is 0. The van der Waals surface area contributed by atoms with Gasteiger partial charge in [0.05, 0.1) is 0 Å². The first-order chi connectivity index (χ1) is 6.04. The lowest BCUT2D eigenvalue weighted by Gasteiger charge is -2.31. The van der Waals surface area contributed by atoms with Gasteiger partial charge in [0.15, 0.2) is 0 Å². The number of aliphatic hydroxyl groups is 1. The molecule has 2 nitrogen and oxygen atoms in total. The van der Waals surface area contributed by atoms with Crippen LogP contribution < -0.4 is 5.32 Å². The zero-order chi connectivity index (χ0) is 9.95. The molecule has 0 heterocycles. The quantitative estimate of drug-likeness (QED) is 0.701. The summed E-state index contributed by atoms with van der Waals surface area (Å²) < 4.78 is 0. The predicted molar refractivity (Wildman–Crippen MR) is 55.7 cm³/mol. The molecule has 1 aliphatic rings. The summed E-state index contributed by atoms with van der Waals surface area (Å²) in [5, 5.41) is 12.6. The largest absolute Gasteiger partial charge is 0.396 e. The van der Waals surface area contributed by atoms with Gasteiger partial charge in [-0.05, 0) is 37.6 Å². The van der Waals surface area contributed by atoms with Gasteiger partial charge >= 0.3 is 0 Å².